The summed E-state index contributed by atoms with van der Waals surface area (Å²) in [6, 6.07) is 0. The van der Waals surface area contributed by atoms with Crippen LogP contribution in [0.4, 0.5) is 0 Å². The van der Waals surface area contributed by atoms with Crippen LogP contribution in [-0.2, 0) is 17.1 Å². The molecule has 0 saturated carbocycles. The number of hydrogen-bond donors (Lipinski definition) is 1. The molecule has 0 radical (unpaired) electrons. The van der Waals surface area contributed by atoms with Crippen molar-refractivity contribution in [2.24, 2.45) is 13.0 Å². The molecule has 1 aromatic rings. The van der Waals surface area contributed by atoms with Crippen molar-refractivity contribution >= 4 is 21.6 Å². The third-order valence-electron chi connectivity index (χ3n) is 2.42. The first-order valence-electron chi connectivity index (χ1n) is 5.50. The Kier molecular flexibility index (Phi) is 5.42. The van der Waals surface area contributed by atoms with Crippen LogP contribution in [0.15, 0.2) is 17.3 Å². The molecule has 1 atom stereocenters. The molecular weight excluding hydrogens is 262 g/mol. The molecule has 0 spiro atoms. The fraction of sp³-hybridized carbons (Fsp3) is 0.700. The molecule has 0 aromatic carbocycles. The zero-order valence-corrected chi connectivity index (χ0v) is 11.6. The van der Waals surface area contributed by atoms with Gasteiger partial charge >= 0.3 is 0 Å². The molecule has 0 amide bonds. The van der Waals surface area contributed by atoms with Crippen LogP contribution in [0.5, 0.6) is 0 Å². The second-order valence-corrected chi connectivity index (χ2v) is 6.22. The van der Waals surface area contributed by atoms with E-state index < -0.39 is 10.0 Å². The molecular formula is C10H18ClN3O2S. The Labute approximate surface area is 107 Å². The summed E-state index contributed by atoms with van der Waals surface area (Å²) < 4.78 is 27.5. The number of nitrogens with one attached hydrogen (secondary N) is 1. The maximum Gasteiger partial charge on any atom is 0.243 e. The van der Waals surface area contributed by atoms with Gasteiger partial charge < -0.3 is 0 Å². The molecule has 0 saturated heterocycles. The molecule has 1 unspecified atom stereocenters. The van der Waals surface area contributed by atoms with Crippen molar-refractivity contribution < 1.29 is 8.42 Å². The first-order valence-corrected chi connectivity index (χ1v) is 7.51. The molecule has 0 aliphatic rings. The van der Waals surface area contributed by atoms with Gasteiger partial charge in [-0.05, 0) is 18.8 Å². The molecule has 1 aromatic heterocycles. The summed E-state index contributed by atoms with van der Waals surface area (Å²) in [4.78, 5) is 0.199. The number of halogens is 1. The van der Waals surface area contributed by atoms with Crippen LogP contribution < -0.4 is 4.72 Å². The summed E-state index contributed by atoms with van der Waals surface area (Å²) in [7, 11) is -1.73. The van der Waals surface area contributed by atoms with Gasteiger partial charge in [-0.15, -0.1) is 11.6 Å². The van der Waals surface area contributed by atoms with Crippen LogP contribution in [0.2, 0.25) is 0 Å². The number of aryl methyl sites for hydroxylation is 1. The summed E-state index contributed by atoms with van der Waals surface area (Å²) in [5, 5.41) is 3.83. The molecule has 1 N–H and O–H groups in total. The van der Waals surface area contributed by atoms with Crippen molar-refractivity contribution in [1.82, 2.24) is 14.5 Å². The van der Waals surface area contributed by atoms with Gasteiger partial charge in [-0.1, -0.05) is 6.92 Å². The minimum absolute atomic E-state index is 0.199. The van der Waals surface area contributed by atoms with Gasteiger partial charge in [0.05, 0.1) is 6.20 Å². The Balaban J connectivity index is 2.41. The topological polar surface area (TPSA) is 64.0 Å². The van der Waals surface area contributed by atoms with Crippen molar-refractivity contribution in [1.29, 1.82) is 0 Å². The Morgan fingerprint density at radius 2 is 2.29 bits per heavy atom. The molecule has 1 heterocycles. The van der Waals surface area contributed by atoms with Gasteiger partial charge in [0.25, 0.3) is 0 Å². The van der Waals surface area contributed by atoms with Crippen LogP contribution >= 0.6 is 11.6 Å². The smallest absolute Gasteiger partial charge is 0.243 e. The number of aromatic nitrogens is 2. The van der Waals surface area contributed by atoms with Gasteiger partial charge in [0.2, 0.25) is 10.0 Å². The maximum absolute atomic E-state index is 11.8. The van der Waals surface area contributed by atoms with E-state index in [9.17, 15) is 8.42 Å². The van der Waals surface area contributed by atoms with Gasteiger partial charge in [-0.2, -0.15) is 5.10 Å². The standard InChI is InChI=1S/C10H18ClN3O2S/c1-9(6-11)4-3-5-13-17(15,16)10-7-12-14(2)8-10/h7-9,13H,3-6H2,1-2H3. The summed E-state index contributed by atoms with van der Waals surface area (Å²) in [5.41, 5.74) is 0. The normalized spacial score (nSPS) is 13.8. The summed E-state index contributed by atoms with van der Waals surface area (Å²) in [6.07, 6.45) is 4.51. The lowest BCUT2D eigenvalue weighted by Gasteiger charge is -2.07. The van der Waals surface area contributed by atoms with E-state index in [2.05, 4.69) is 9.82 Å². The third kappa shape index (κ3) is 4.65. The number of nitrogens with zero attached hydrogens (tertiary/aromatic N) is 2. The molecule has 0 aliphatic carbocycles. The second kappa shape index (κ2) is 6.37. The summed E-state index contributed by atoms with van der Waals surface area (Å²) >= 11 is 5.67. The Morgan fingerprint density at radius 3 is 2.82 bits per heavy atom. The van der Waals surface area contributed by atoms with E-state index in [1.165, 1.54) is 17.1 Å². The number of hydrogen-bond acceptors (Lipinski definition) is 3. The lowest BCUT2D eigenvalue weighted by atomic mass is 10.1. The van der Waals surface area contributed by atoms with E-state index >= 15 is 0 Å². The number of sulfonamides is 1. The zero-order chi connectivity index (χ0) is 12.9. The average Bonchev–Trinajstić information content (AvgIpc) is 2.71. The first-order chi connectivity index (χ1) is 7.95. The van der Waals surface area contributed by atoms with Crippen molar-refractivity contribution in [3.63, 3.8) is 0 Å². The van der Waals surface area contributed by atoms with Gasteiger partial charge in [-0.3, -0.25) is 4.68 Å². The number of rotatable bonds is 7. The summed E-state index contributed by atoms with van der Waals surface area (Å²) in [6.45, 7) is 2.47. The van der Waals surface area contributed by atoms with E-state index in [0.29, 0.717) is 18.3 Å². The van der Waals surface area contributed by atoms with E-state index in [0.717, 1.165) is 12.8 Å². The Morgan fingerprint density at radius 1 is 1.59 bits per heavy atom. The Hall–Kier alpha value is -0.590. The fourth-order valence-electron chi connectivity index (χ4n) is 1.36. The van der Waals surface area contributed by atoms with Crippen LogP contribution in [-0.4, -0.2) is 30.6 Å². The van der Waals surface area contributed by atoms with Gasteiger partial charge in [-0.25, -0.2) is 13.1 Å². The SMILES string of the molecule is CC(CCl)CCCNS(=O)(=O)c1cnn(C)c1. The van der Waals surface area contributed by atoms with E-state index in [1.807, 2.05) is 6.92 Å². The lowest BCUT2D eigenvalue weighted by molar-refractivity contribution is 0.543. The third-order valence-corrected chi connectivity index (χ3v) is 4.36. The monoisotopic (exact) mass is 279 g/mol. The minimum atomic E-state index is -3.41. The van der Waals surface area contributed by atoms with E-state index in [-0.39, 0.29) is 4.90 Å². The van der Waals surface area contributed by atoms with Crippen molar-refractivity contribution in [2.45, 2.75) is 24.7 Å². The van der Waals surface area contributed by atoms with Crippen LogP contribution in [0.1, 0.15) is 19.8 Å². The predicted molar refractivity (Wildman–Crippen MR) is 67.5 cm³/mol. The zero-order valence-electron chi connectivity index (χ0n) is 10.1. The molecule has 1 rings (SSSR count). The molecule has 0 aliphatic heterocycles. The van der Waals surface area contributed by atoms with Crippen LogP contribution in [0.3, 0.4) is 0 Å². The van der Waals surface area contributed by atoms with Crippen molar-refractivity contribution in [3.8, 4) is 0 Å². The first kappa shape index (κ1) is 14.5. The fourth-order valence-corrected chi connectivity index (χ4v) is 2.57. The highest BCUT2D eigenvalue weighted by molar-refractivity contribution is 7.89. The number of alkyl halides is 1. The molecule has 5 nitrogen and oxygen atoms in total. The molecule has 17 heavy (non-hydrogen) atoms. The molecule has 0 bridgehead atoms. The highest BCUT2D eigenvalue weighted by Gasteiger charge is 2.15. The van der Waals surface area contributed by atoms with E-state index in [1.54, 1.807) is 7.05 Å². The van der Waals surface area contributed by atoms with Crippen molar-refractivity contribution in [3.05, 3.63) is 12.4 Å². The minimum Gasteiger partial charge on any atom is -0.274 e. The molecule has 0 fully saturated rings. The van der Waals surface area contributed by atoms with Gasteiger partial charge in [0.1, 0.15) is 4.90 Å². The second-order valence-electron chi connectivity index (χ2n) is 4.15. The lowest BCUT2D eigenvalue weighted by Crippen LogP contribution is -2.24. The molecule has 7 heteroatoms. The van der Waals surface area contributed by atoms with E-state index in [4.69, 9.17) is 11.6 Å². The van der Waals surface area contributed by atoms with Crippen LogP contribution in [0.25, 0.3) is 0 Å². The Bertz CT molecular complexity index is 444. The van der Waals surface area contributed by atoms with Crippen molar-refractivity contribution in [2.75, 3.05) is 12.4 Å². The van der Waals surface area contributed by atoms with Gasteiger partial charge in [0.15, 0.2) is 0 Å². The highest BCUT2D eigenvalue weighted by Crippen LogP contribution is 2.08. The largest absolute Gasteiger partial charge is 0.274 e. The average molecular weight is 280 g/mol. The van der Waals surface area contributed by atoms with Gasteiger partial charge in [0, 0.05) is 25.7 Å². The summed E-state index contributed by atoms with van der Waals surface area (Å²) in [5.74, 6) is 1.02. The highest BCUT2D eigenvalue weighted by atomic mass is 35.5. The predicted octanol–water partition coefficient (Wildman–Crippen LogP) is 1.35. The molecule has 98 valence electrons. The van der Waals surface area contributed by atoms with Crippen LogP contribution in [0, 0.1) is 5.92 Å². The maximum atomic E-state index is 11.8. The quantitative estimate of drug-likeness (QED) is 0.605.